The second-order valence-corrected chi connectivity index (χ2v) is 5.85. The van der Waals surface area contributed by atoms with Crippen molar-refractivity contribution >= 4 is 5.97 Å². The molecule has 1 N–H and O–H groups in total. The predicted octanol–water partition coefficient (Wildman–Crippen LogP) is 4.24. The smallest absolute Gasteiger partial charge is 0.305 e. The fourth-order valence-electron chi connectivity index (χ4n) is 2.40. The van der Waals surface area contributed by atoms with Crippen LogP contribution in [0, 0.1) is 0 Å². The summed E-state index contributed by atoms with van der Waals surface area (Å²) in [6.07, 6.45) is 12.2. The van der Waals surface area contributed by atoms with E-state index < -0.39 is 0 Å². The Labute approximate surface area is 136 Å². The van der Waals surface area contributed by atoms with Crippen LogP contribution in [0.2, 0.25) is 0 Å². The van der Waals surface area contributed by atoms with Crippen LogP contribution in [0.15, 0.2) is 0 Å². The first-order valence-electron chi connectivity index (χ1n) is 9.12. The van der Waals surface area contributed by atoms with E-state index >= 15 is 0 Å². The number of hydrogen-bond acceptors (Lipinski definition) is 4. The Morgan fingerprint density at radius 3 is 2.09 bits per heavy atom. The third kappa shape index (κ3) is 14.3. The van der Waals surface area contributed by atoms with Gasteiger partial charge in [-0.1, -0.05) is 58.3 Å². The molecule has 1 unspecified atom stereocenters. The lowest BCUT2D eigenvalue weighted by molar-refractivity contribution is -0.144. The SMILES string of the molecule is CCCCCCCCCCCOC(CO)CCC(=O)OCC. The van der Waals surface area contributed by atoms with Gasteiger partial charge in [-0.25, -0.2) is 0 Å². The van der Waals surface area contributed by atoms with Gasteiger partial charge in [-0.3, -0.25) is 4.79 Å². The highest BCUT2D eigenvalue weighted by Crippen LogP contribution is 2.10. The topological polar surface area (TPSA) is 55.8 Å². The van der Waals surface area contributed by atoms with E-state index in [1.165, 1.54) is 51.4 Å². The quantitative estimate of drug-likeness (QED) is 0.342. The second-order valence-electron chi connectivity index (χ2n) is 5.85. The van der Waals surface area contributed by atoms with Crippen LogP contribution in [0.3, 0.4) is 0 Å². The Morgan fingerprint density at radius 2 is 1.55 bits per heavy atom. The summed E-state index contributed by atoms with van der Waals surface area (Å²) >= 11 is 0. The number of carbonyl (C=O) groups is 1. The number of ether oxygens (including phenoxy) is 2. The lowest BCUT2D eigenvalue weighted by Crippen LogP contribution is -2.20. The average molecular weight is 316 g/mol. The van der Waals surface area contributed by atoms with Gasteiger partial charge in [-0.15, -0.1) is 0 Å². The highest BCUT2D eigenvalue weighted by molar-refractivity contribution is 5.69. The maximum Gasteiger partial charge on any atom is 0.305 e. The Bertz CT molecular complexity index is 243. The largest absolute Gasteiger partial charge is 0.466 e. The van der Waals surface area contributed by atoms with Crippen LogP contribution in [0.5, 0.6) is 0 Å². The van der Waals surface area contributed by atoms with Gasteiger partial charge in [0.15, 0.2) is 0 Å². The molecule has 0 aromatic carbocycles. The average Bonchev–Trinajstić information content (AvgIpc) is 2.52. The third-order valence-electron chi connectivity index (χ3n) is 3.78. The summed E-state index contributed by atoms with van der Waals surface area (Å²) in [4.78, 5) is 11.2. The molecule has 1 atom stereocenters. The van der Waals surface area contributed by atoms with E-state index in [-0.39, 0.29) is 18.7 Å². The van der Waals surface area contributed by atoms with Crippen molar-refractivity contribution in [3.05, 3.63) is 0 Å². The first-order valence-corrected chi connectivity index (χ1v) is 9.12. The van der Waals surface area contributed by atoms with Crippen LogP contribution >= 0.6 is 0 Å². The van der Waals surface area contributed by atoms with E-state index in [9.17, 15) is 9.90 Å². The molecular formula is C18H36O4. The van der Waals surface area contributed by atoms with E-state index in [0.717, 1.165) is 6.42 Å². The molecule has 0 aliphatic rings. The number of carbonyl (C=O) groups excluding carboxylic acids is 1. The van der Waals surface area contributed by atoms with E-state index in [2.05, 4.69) is 6.92 Å². The molecule has 0 aromatic rings. The van der Waals surface area contributed by atoms with Gasteiger partial charge in [-0.05, 0) is 19.8 Å². The standard InChI is InChI=1S/C18H36O4/c1-3-5-6-7-8-9-10-11-12-15-22-17(16-19)13-14-18(20)21-4-2/h17,19H,3-16H2,1-2H3. The molecule has 0 spiro atoms. The number of rotatable bonds is 16. The van der Waals surface area contributed by atoms with Crippen molar-refractivity contribution in [3.8, 4) is 0 Å². The molecule has 0 fully saturated rings. The highest BCUT2D eigenvalue weighted by atomic mass is 16.5. The Hall–Kier alpha value is -0.610. The lowest BCUT2D eigenvalue weighted by Gasteiger charge is -2.14. The van der Waals surface area contributed by atoms with E-state index in [4.69, 9.17) is 9.47 Å². The monoisotopic (exact) mass is 316 g/mol. The van der Waals surface area contributed by atoms with Crippen LogP contribution in [0.4, 0.5) is 0 Å². The molecule has 4 heteroatoms. The van der Waals surface area contributed by atoms with Crippen LogP contribution < -0.4 is 0 Å². The molecule has 0 saturated carbocycles. The van der Waals surface area contributed by atoms with Gasteiger partial charge in [0.25, 0.3) is 0 Å². The molecule has 0 rings (SSSR count). The maximum atomic E-state index is 11.2. The number of unbranched alkanes of at least 4 members (excludes halogenated alkanes) is 8. The molecule has 132 valence electrons. The number of aliphatic hydroxyl groups is 1. The normalized spacial score (nSPS) is 12.3. The van der Waals surface area contributed by atoms with Gasteiger partial charge >= 0.3 is 5.97 Å². The second kappa shape index (κ2) is 16.8. The summed E-state index contributed by atoms with van der Waals surface area (Å²) in [5, 5.41) is 9.24. The molecule has 0 radical (unpaired) electrons. The predicted molar refractivity (Wildman–Crippen MR) is 89.9 cm³/mol. The van der Waals surface area contributed by atoms with Crippen LogP contribution in [0.25, 0.3) is 0 Å². The van der Waals surface area contributed by atoms with Gasteiger partial charge in [0.2, 0.25) is 0 Å². The Balaban J connectivity index is 3.38. The third-order valence-corrected chi connectivity index (χ3v) is 3.78. The molecule has 0 aliphatic heterocycles. The molecule has 0 aromatic heterocycles. The van der Waals surface area contributed by atoms with Crippen molar-refractivity contribution in [1.82, 2.24) is 0 Å². The van der Waals surface area contributed by atoms with E-state index in [0.29, 0.717) is 26.1 Å². The van der Waals surface area contributed by atoms with Crippen LogP contribution in [-0.4, -0.2) is 37.0 Å². The summed E-state index contributed by atoms with van der Waals surface area (Å²) < 4.78 is 10.5. The van der Waals surface area contributed by atoms with Gasteiger partial charge in [-0.2, -0.15) is 0 Å². The van der Waals surface area contributed by atoms with Crippen molar-refractivity contribution in [2.24, 2.45) is 0 Å². The minimum absolute atomic E-state index is 0.0309. The zero-order chi connectivity index (χ0) is 16.5. The van der Waals surface area contributed by atoms with Gasteiger partial charge in [0.05, 0.1) is 19.3 Å². The molecule has 0 heterocycles. The minimum atomic E-state index is -0.238. The molecule has 0 aliphatic carbocycles. The zero-order valence-electron chi connectivity index (χ0n) is 14.6. The van der Waals surface area contributed by atoms with Crippen LogP contribution in [0.1, 0.15) is 84.5 Å². The summed E-state index contributed by atoms with van der Waals surface area (Å²) in [7, 11) is 0. The van der Waals surface area contributed by atoms with E-state index in [1.807, 2.05) is 0 Å². The van der Waals surface area contributed by atoms with Crippen LogP contribution in [-0.2, 0) is 14.3 Å². The Kier molecular flexibility index (Phi) is 16.3. The fourth-order valence-corrected chi connectivity index (χ4v) is 2.40. The molecule has 0 saturated heterocycles. The summed E-state index contributed by atoms with van der Waals surface area (Å²) in [6.45, 7) is 5.08. The number of aliphatic hydroxyl groups excluding tert-OH is 1. The molecular weight excluding hydrogens is 280 g/mol. The van der Waals surface area contributed by atoms with Crippen molar-refractivity contribution in [2.45, 2.75) is 90.6 Å². The molecule has 0 amide bonds. The van der Waals surface area contributed by atoms with Crippen molar-refractivity contribution in [2.75, 3.05) is 19.8 Å². The summed E-state index contributed by atoms with van der Waals surface area (Å²) in [5.74, 6) is -0.215. The van der Waals surface area contributed by atoms with Gasteiger partial charge in [0, 0.05) is 13.0 Å². The van der Waals surface area contributed by atoms with Gasteiger partial charge < -0.3 is 14.6 Å². The van der Waals surface area contributed by atoms with Crippen molar-refractivity contribution in [1.29, 1.82) is 0 Å². The van der Waals surface area contributed by atoms with Crippen molar-refractivity contribution < 1.29 is 19.4 Å². The van der Waals surface area contributed by atoms with E-state index in [1.54, 1.807) is 6.92 Å². The minimum Gasteiger partial charge on any atom is -0.466 e. The lowest BCUT2D eigenvalue weighted by atomic mass is 10.1. The van der Waals surface area contributed by atoms with Gasteiger partial charge in [0.1, 0.15) is 0 Å². The first kappa shape index (κ1) is 21.4. The first-order chi connectivity index (χ1) is 10.7. The summed E-state index contributed by atoms with van der Waals surface area (Å²) in [5.41, 5.74) is 0. The maximum absolute atomic E-state index is 11.2. The number of hydrogen-bond donors (Lipinski definition) is 1. The Morgan fingerprint density at radius 1 is 0.955 bits per heavy atom. The zero-order valence-corrected chi connectivity index (χ0v) is 14.6. The number of esters is 1. The van der Waals surface area contributed by atoms with Crippen molar-refractivity contribution in [3.63, 3.8) is 0 Å². The fraction of sp³-hybridized carbons (Fsp3) is 0.944. The molecule has 0 bridgehead atoms. The molecule has 4 nitrogen and oxygen atoms in total. The highest BCUT2D eigenvalue weighted by Gasteiger charge is 2.11. The molecule has 22 heavy (non-hydrogen) atoms. The summed E-state index contributed by atoms with van der Waals surface area (Å²) in [6, 6.07) is 0.